The molecule has 5 rings (SSSR count). The Bertz CT molecular complexity index is 1240. The maximum absolute atomic E-state index is 9.87. The van der Waals surface area contributed by atoms with E-state index in [2.05, 4.69) is 66.7 Å². The van der Waals surface area contributed by atoms with Crippen LogP contribution in [0.1, 0.15) is 0 Å². The van der Waals surface area contributed by atoms with E-state index in [4.69, 9.17) is 0 Å². The fraction of sp³-hybridized carbons (Fsp3) is 0. The molecule has 138 valence electrons. The van der Waals surface area contributed by atoms with Crippen LogP contribution in [0.2, 0.25) is 0 Å². The molecular formula is C26H19BO2. The van der Waals surface area contributed by atoms with Crippen molar-refractivity contribution in [1.82, 2.24) is 0 Å². The van der Waals surface area contributed by atoms with Gasteiger partial charge in [-0.05, 0) is 67.5 Å². The SMILES string of the molecule is OB(O)c1cc(-c2ccc3ccccc3c2)cc(-c2ccc3ccccc3c2)c1. The summed E-state index contributed by atoms with van der Waals surface area (Å²) in [7, 11) is -1.52. The first-order chi connectivity index (χ1) is 14.2. The molecule has 0 saturated heterocycles. The summed E-state index contributed by atoms with van der Waals surface area (Å²) in [5.41, 5.74) is 4.51. The Labute approximate surface area is 169 Å². The minimum Gasteiger partial charge on any atom is -0.423 e. The Balaban J connectivity index is 1.68. The molecule has 0 aromatic heterocycles. The van der Waals surface area contributed by atoms with E-state index in [-0.39, 0.29) is 0 Å². The molecule has 0 amide bonds. The van der Waals surface area contributed by atoms with Crippen molar-refractivity contribution in [2.75, 3.05) is 0 Å². The summed E-state index contributed by atoms with van der Waals surface area (Å²) >= 11 is 0. The molecule has 0 aliphatic rings. The van der Waals surface area contributed by atoms with Gasteiger partial charge in [-0.25, -0.2) is 0 Å². The molecule has 0 aliphatic carbocycles. The quantitative estimate of drug-likeness (QED) is 0.436. The standard InChI is InChI=1S/C26H19BO2/c28-27(29)26-16-24(22-11-9-18-5-1-3-7-20(18)13-22)15-25(17-26)23-12-10-19-6-2-4-8-21(19)14-23/h1-17,28-29H. The van der Waals surface area contributed by atoms with Crippen LogP contribution < -0.4 is 5.46 Å². The number of benzene rings is 5. The van der Waals surface area contributed by atoms with Gasteiger partial charge in [0.1, 0.15) is 0 Å². The Kier molecular flexibility index (Phi) is 4.40. The number of fused-ring (bicyclic) bond motifs is 2. The van der Waals surface area contributed by atoms with Gasteiger partial charge in [-0.2, -0.15) is 0 Å². The van der Waals surface area contributed by atoms with E-state index in [9.17, 15) is 10.0 Å². The Morgan fingerprint density at radius 3 is 1.31 bits per heavy atom. The van der Waals surface area contributed by atoms with Crippen LogP contribution in [-0.2, 0) is 0 Å². The fourth-order valence-electron chi connectivity index (χ4n) is 3.87. The Morgan fingerprint density at radius 2 is 0.862 bits per heavy atom. The molecule has 5 aromatic carbocycles. The van der Waals surface area contributed by atoms with Crippen molar-refractivity contribution in [2.24, 2.45) is 0 Å². The van der Waals surface area contributed by atoms with E-state index >= 15 is 0 Å². The number of rotatable bonds is 3. The van der Waals surface area contributed by atoms with Gasteiger partial charge in [-0.1, -0.05) is 84.9 Å². The summed E-state index contributed by atoms with van der Waals surface area (Å²) in [6.07, 6.45) is 0. The largest absolute Gasteiger partial charge is 0.488 e. The van der Waals surface area contributed by atoms with Crippen molar-refractivity contribution in [3.63, 3.8) is 0 Å². The molecule has 0 bridgehead atoms. The van der Waals surface area contributed by atoms with Crippen LogP contribution in [0.3, 0.4) is 0 Å². The van der Waals surface area contributed by atoms with Crippen molar-refractivity contribution in [2.45, 2.75) is 0 Å². The van der Waals surface area contributed by atoms with Crippen molar-refractivity contribution in [1.29, 1.82) is 0 Å². The summed E-state index contributed by atoms with van der Waals surface area (Å²) in [5, 5.41) is 24.4. The molecule has 0 atom stereocenters. The average molecular weight is 374 g/mol. The van der Waals surface area contributed by atoms with Crippen molar-refractivity contribution >= 4 is 34.1 Å². The molecule has 0 unspecified atom stereocenters. The predicted molar refractivity (Wildman–Crippen MR) is 122 cm³/mol. The van der Waals surface area contributed by atoms with Gasteiger partial charge in [0.05, 0.1) is 0 Å². The first-order valence-corrected chi connectivity index (χ1v) is 9.67. The van der Waals surface area contributed by atoms with Gasteiger partial charge in [0.15, 0.2) is 0 Å². The van der Waals surface area contributed by atoms with Gasteiger partial charge in [-0.15, -0.1) is 0 Å². The topological polar surface area (TPSA) is 40.5 Å². The van der Waals surface area contributed by atoms with E-state index in [0.29, 0.717) is 5.46 Å². The summed E-state index contributed by atoms with van der Waals surface area (Å²) in [6.45, 7) is 0. The van der Waals surface area contributed by atoms with Crippen LogP contribution >= 0.6 is 0 Å². The highest BCUT2D eigenvalue weighted by molar-refractivity contribution is 6.58. The molecule has 0 radical (unpaired) electrons. The van der Waals surface area contributed by atoms with Crippen molar-refractivity contribution < 1.29 is 10.0 Å². The molecule has 2 nitrogen and oxygen atoms in total. The smallest absolute Gasteiger partial charge is 0.423 e. The van der Waals surface area contributed by atoms with Gasteiger partial charge >= 0.3 is 7.12 Å². The summed E-state index contributed by atoms with van der Waals surface area (Å²) < 4.78 is 0. The van der Waals surface area contributed by atoms with E-state index in [1.54, 1.807) is 0 Å². The predicted octanol–water partition coefficient (Wildman–Crippen LogP) is 5.01. The lowest BCUT2D eigenvalue weighted by molar-refractivity contribution is 0.426. The maximum Gasteiger partial charge on any atom is 0.488 e. The van der Waals surface area contributed by atoms with Gasteiger partial charge in [-0.3, -0.25) is 0 Å². The average Bonchev–Trinajstić information content (AvgIpc) is 2.78. The Morgan fingerprint density at radius 1 is 0.414 bits per heavy atom. The fourth-order valence-corrected chi connectivity index (χ4v) is 3.87. The highest BCUT2D eigenvalue weighted by atomic mass is 16.4. The summed E-state index contributed by atoms with van der Waals surface area (Å²) in [5.74, 6) is 0. The molecule has 5 aromatic rings. The minimum absolute atomic E-state index is 0.485. The molecule has 0 heterocycles. The van der Waals surface area contributed by atoms with E-state index in [1.165, 1.54) is 10.8 Å². The highest BCUT2D eigenvalue weighted by Gasteiger charge is 2.15. The molecular weight excluding hydrogens is 355 g/mol. The van der Waals surface area contributed by atoms with E-state index in [1.807, 2.05) is 36.4 Å². The lowest BCUT2D eigenvalue weighted by Crippen LogP contribution is -2.29. The molecule has 0 fully saturated rings. The first-order valence-electron chi connectivity index (χ1n) is 9.67. The minimum atomic E-state index is -1.52. The molecule has 0 spiro atoms. The van der Waals surface area contributed by atoms with E-state index in [0.717, 1.165) is 33.0 Å². The van der Waals surface area contributed by atoms with Crippen LogP contribution in [0.15, 0.2) is 103 Å². The molecule has 29 heavy (non-hydrogen) atoms. The van der Waals surface area contributed by atoms with Gasteiger partial charge in [0.2, 0.25) is 0 Å². The lowest BCUT2D eigenvalue weighted by Gasteiger charge is -2.12. The third-order valence-corrected chi connectivity index (χ3v) is 5.42. The van der Waals surface area contributed by atoms with Crippen LogP contribution in [0, 0.1) is 0 Å². The normalized spacial score (nSPS) is 11.1. The van der Waals surface area contributed by atoms with Gasteiger partial charge < -0.3 is 10.0 Å². The highest BCUT2D eigenvalue weighted by Crippen LogP contribution is 2.30. The second-order valence-corrected chi connectivity index (χ2v) is 7.34. The third kappa shape index (κ3) is 3.42. The second-order valence-electron chi connectivity index (χ2n) is 7.34. The second kappa shape index (κ2) is 7.21. The van der Waals surface area contributed by atoms with Gasteiger partial charge in [0.25, 0.3) is 0 Å². The maximum atomic E-state index is 9.87. The summed E-state index contributed by atoms with van der Waals surface area (Å²) in [6, 6.07) is 34.9. The van der Waals surface area contributed by atoms with Crippen LogP contribution in [0.25, 0.3) is 43.8 Å². The first kappa shape index (κ1) is 17.7. The zero-order valence-electron chi connectivity index (χ0n) is 15.8. The third-order valence-electron chi connectivity index (χ3n) is 5.42. The molecule has 2 N–H and O–H groups in total. The van der Waals surface area contributed by atoms with Crippen LogP contribution in [-0.4, -0.2) is 17.2 Å². The van der Waals surface area contributed by atoms with Crippen LogP contribution in [0.5, 0.6) is 0 Å². The monoisotopic (exact) mass is 374 g/mol. The molecule has 3 heteroatoms. The van der Waals surface area contributed by atoms with Crippen molar-refractivity contribution in [3.05, 3.63) is 103 Å². The zero-order valence-corrected chi connectivity index (χ0v) is 15.8. The molecule has 0 aliphatic heterocycles. The van der Waals surface area contributed by atoms with E-state index < -0.39 is 7.12 Å². The van der Waals surface area contributed by atoms with Crippen LogP contribution in [0.4, 0.5) is 0 Å². The number of hydrogen-bond acceptors (Lipinski definition) is 2. The number of hydrogen-bond donors (Lipinski definition) is 2. The lowest BCUT2D eigenvalue weighted by atomic mass is 9.77. The Hall–Kier alpha value is -3.40. The van der Waals surface area contributed by atoms with Gasteiger partial charge in [0, 0.05) is 0 Å². The summed E-state index contributed by atoms with van der Waals surface area (Å²) in [4.78, 5) is 0. The van der Waals surface area contributed by atoms with Crippen molar-refractivity contribution in [3.8, 4) is 22.3 Å². The zero-order chi connectivity index (χ0) is 19.8. The molecule has 0 saturated carbocycles.